The summed E-state index contributed by atoms with van der Waals surface area (Å²) in [5, 5.41) is 10.0. The van der Waals surface area contributed by atoms with E-state index in [-0.39, 0.29) is 12.8 Å². The number of carbonyl (C=O) groups is 3. The average Bonchev–Trinajstić information content (AvgIpc) is 2.46. The summed E-state index contributed by atoms with van der Waals surface area (Å²) in [5.74, 6) is -1.68. The van der Waals surface area contributed by atoms with Crippen molar-refractivity contribution in [3.63, 3.8) is 0 Å². The van der Waals surface area contributed by atoms with Gasteiger partial charge in [-0.05, 0) is 32.4 Å². The van der Waals surface area contributed by atoms with Crippen LogP contribution >= 0.6 is 0 Å². The van der Waals surface area contributed by atoms with Crippen LogP contribution in [0.5, 0.6) is 0 Å². The first-order valence-electron chi connectivity index (χ1n) is 7.40. The molecule has 0 unspecified atom stereocenters. The molecule has 7 nitrogen and oxygen atoms in total. The predicted octanol–water partition coefficient (Wildman–Crippen LogP) is 1.05. The molecule has 4 atom stereocenters. The molecular weight excluding hydrogens is 304 g/mol. The van der Waals surface area contributed by atoms with E-state index in [4.69, 9.17) is 14.2 Å². The van der Waals surface area contributed by atoms with E-state index in [9.17, 15) is 19.5 Å². The first kappa shape index (κ1) is 18.9. The van der Waals surface area contributed by atoms with Crippen molar-refractivity contribution < 1.29 is 33.7 Å². The molecule has 23 heavy (non-hydrogen) atoms. The zero-order valence-corrected chi connectivity index (χ0v) is 13.4. The molecule has 0 aromatic carbocycles. The van der Waals surface area contributed by atoms with E-state index in [1.54, 1.807) is 13.8 Å². The minimum absolute atomic E-state index is 0.0351. The van der Waals surface area contributed by atoms with Gasteiger partial charge in [0, 0.05) is 19.4 Å². The van der Waals surface area contributed by atoms with Gasteiger partial charge in [-0.3, -0.25) is 9.59 Å². The maximum absolute atomic E-state index is 11.7. The lowest BCUT2D eigenvalue weighted by Gasteiger charge is -2.25. The van der Waals surface area contributed by atoms with Crippen molar-refractivity contribution >= 4 is 17.9 Å². The van der Waals surface area contributed by atoms with E-state index in [1.807, 2.05) is 0 Å². The zero-order valence-electron chi connectivity index (χ0n) is 13.4. The van der Waals surface area contributed by atoms with Crippen molar-refractivity contribution in [2.75, 3.05) is 0 Å². The third-order valence-electron chi connectivity index (χ3n) is 3.15. The number of ether oxygens (including phenoxy) is 3. The molecule has 0 saturated heterocycles. The Morgan fingerprint density at radius 1 is 1.30 bits per heavy atom. The van der Waals surface area contributed by atoms with E-state index in [0.717, 1.165) is 0 Å². The van der Waals surface area contributed by atoms with Crippen LogP contribution in [0.2, 0.25) is 0 Å². The summed E-state index contributed by atoms with van der Waals surface area (Å²) in [6.07, 6.45) is 2.16. The van der Waals surface area contributed by atoms with Gasteiger partial charge in [0.25, 0.3) is 0 Å². The fourth-order valence-corrected chi connectivity index (χ4v) is 2.02. The minimum Gasteiger partial charge on any atom is -0.458 e. The second-order valence-electron chi connectivity index (χ2n) is 5.16. The Morgan fingerprint density at radius 2 is 1.96 bits per heavy atom. The Hall–Kier alpha value is -2.15. The summed E-state index contributed by atoms with van der Waals surface area (Å²) >= 11 is 0. The third-order valence-corrected chi connectivity index (χ3v) is 3.15. The number of esters is 3. The van der Waals surface area contributed by atoms with Crippen LogP contribution in [0.4, 0.5) is 0 Å². The maximum Gasteiger partial charge on any atom is 0.331 e. The highest BCUT2D eigenvalue weighted by Crippen LogP contribution is 2.16. The smallest absolute Gasteiger partial charge is 0.331 e. The van der Waals surface area contributed by atoms with Gasteiger partial charge >= 0.3 is 17.9 Å². The van der Waals surface area contributed by atoms with E-state index in [0.29, 0.717) is 0 Å². The zero-order chi connectivity index (χ0) is 17.4. The fourth-order valence-electron chi connectivity index (χ4n) is 2.02. The largest absolute Gasteiger partial charge is 0.458 e. The van der Waals surface area contributed by atoms with Gasteiger partial charge in [-0.15, -0.1) is 0 Å². The van der Waals surface area contributed by atoms with Gasteiger partial charge in [-0.25, -0.2) is 4.79 Å². The maximum atomic E-state index is 11.7. The lowest BCUT2D eigenvalue weighted by molar-refractivity contribution is -0.162. The predicted molar refractivity (Wildman–Crippen MR) is 80.2 cm³/mol. The Kier molecular flexibility index (Phi) is 7.47. The lowest BCUT2D eigenvalue weighted by atomic mass is 10.0. The van der Waals surface area contributed by atoms with Gasteiger partial charge in [0.2, 0.25) is 0 Å². The molecule has 0 saturated carbocycles. The standard InChI is InChI=1S/C16H22O7/c1-4-5-15(19)23-13-7-8-14(22-11(3)17)12(18)6-9-16(20)21-10(13)2/h4-5,7-8,10,12-14,18H,6,9H2,1-3H3/b5-4+,8-7+/t10-,12-,13+,14+/m1/s1. The van der Waals surface area contributed by atoms with Crippen molar-refractivity contribution in [2.24, 2.45) is 0 Å². The van der Waals surface area contributed by atoms with Crippen molar-refractivity contribution in [2.45, 2.75) is 58.0 Å². The second-order valence-corrected chi connectivity index (χ2v) is 5.16. The highest BCUT2D eigenvalue weighted by atomic mass is 16.6. The van der Waals surface area contributed by atoms with E-state index >= 15 is 0 Å². The molecule has 1 aliphatic rings. The number of carbonyl (C=O) groups excluding carboxylic acids is 3. The highest BCUT2D eigenvalue weighted by molar-refractivity contribution is 5.82. The Morgan fingerprint density at radius 3 is 2.57 bits per heavy atom. The summed E-state index contributed by atoms with van der Waals surface area (Å²) in [7, 11) is 0. The van der Waals surface area contributed by atoms with Gasteiger partial charge in [-0.1, -0.05) is 6.08 Å². The van der Waals surface area contributed by atoms with Gasteiger partial charge in [0.1, 0.15) is 12.2 Å². The summed E-state index contributed by atoms with van der Waals surface area (Å²) in [6.45, 7) is 4.48. The Balaban J connectivity index is 2.99. The molecule has 1 N–H and O–H groups in total. The van der Waals surface area contributed by atoms with Crippen LogP contribution < -0.4 is 0 Å². The van der Waals surface area contributed by atoms with Gasteiger partial charge < -0.3 is 19.3 Å². The summed E-state index contributed by atoms with van der Waals surface area (Å²) in [4.78, 5) is 34.4. The number of aliphatic hydroxyl groups is 1. The van der Waals surface area contributed by atoms with Crippen molar-refractivity contribution in [1.29, 1.82) is 0 Å². The number of aliphatic hydroxyl groups excluding tert-OH is 1. The van der Waals surface area contributed by atoms with Gasteiger partial charge in [-0.2, -0.15) is 0 Å². The van der Waals surface area contributed by atoms with E-state index in [2.05, 4.69) is 0 Å². The monoisotopic (exact) mass is 326 g/mol. The van der Waals surface area contributed by atoms with Crippen molar-refractivity contribution in [1.82, 2.24) is 0 Å². The van der Waals surface area contributed by atoms with Crippen LogP contribution in [0.3, 0.4) is 0 Å². The first-order valence-corrected chi connectivity index (χ1v) is 7.40. The molecule has 0 aromatic rings. The molecule has 0 amide bonds. The Labute approximate surface area is 134 Å². The molecule has 0 aromatic heterocycles. The third kappa shape index (κ3) is 6.65. The Bertz CT molecular complexity index is 495. The molecule has 7 heteroatoms. The molecular formula is C16H22O7. The molecule has 0 aliphatic carbocycles. The number of rotatable bonds is 3. The van der Waals surface area contributed by atoms with Crippen LogP contribution in [0.15, 0.2) is 24.3 Å². The molecule has 0 spiro atoms. The number of hydrogen-bond acceptors (Lipinski definition) is 7. The molecule has 128 valence electrons. The molecule has 1 rings (SSSR count). The normalized spacial score (nSPS) is 30.3. The summed E-state index contributed by atoms with van der Waals surface area (Å²) < 4.78 is 15.4. The average molecular weight is 326 g/mol. The summed E-state index contributed by atoms with van der Waals surface area (Å²) in [5.41, 5.74) is 0. The molecule has 1 heterocycles. The van der Waals surface area contributed by atoms with Crippen LogP contribution in [0.1, 0.15) is 33.6 Å². The minimum atomic E-state index is -1.05. The fraction of sp³-hybridized carbons (Fsp3) is 0.562. The number of cyclic esters (lactones) is 1. The number of allylic oxidation sites excluding steroid dienone is 1. The van der Waals surface area contributed by atoms with Crippen molar-refractivity contribution in [3.05, 3.63) is 24.3 Å². The second kappa shape index (κ2) is 9.09. The van der Waals surface area contributed by atoms with Crippen LogP contribution in [0, 0.1) is 0 Å². The molecule has 0 bridgehead atoms. The molecule has 0 fully saturated rings. The van der Waals surface area contributed by atoms with Crippen molar-refractivity contribution in [3.8, 4) is 0 Å². The molecule has 1 aliphatic heterocycles. The van der Waals surface area contributed by atoms with Crippen LogP contribution in [0.25, 0.3) is 0 Å². The van der Waals surface area contributed by atoms with Gasteiger partial charge in [0.05, 0.1) is 6.10 Å². The van der Waals surface area contributed by atoms with E-state index < -0.39 is 42.3 Å². The van der Waals surface area contributed by atoms with Crippen LogP contribution in [-0.4, -0.2) is 47.4 Å². The topological polar surface area (TPSA) is 99.1 Å². The number of hydrogen-bond donors (Lipinski definition) is 1. The van der Waals surface area contributed by atoms with E-state index in [1.165, 1.54) is 31.2 Å². The first-order chi connectivity index (χ1) is 10.8. The highest BCUT2D eigenvalue weighted by Gasteiger charge is 2.27. The lowest BCUT2D eigenvalue weighted by Crippen LogP contribution is -2.35. The SMILES string of the molecule is C/C=C/C(=O)O[C@H]1/C=C/[C@H](OC(C)=O)[C@H](O)CCC(=O)O[C@@H]1C. The van der Waals surface area contributed by atoms with Crippen LogP contribution in [-0.2, 0) is 28.6 Å². The summed E-state index contributed by atoms with van der Waals surface area (Å²) in [6, 6.07) is 0. The molecule has 0 radical (unpaired) electrons. The van der Waals surface area contributed by atoms with Gasteiger partial charge in [0.15, 0.2) is 6.10 Å². The quantitative estimate of drug-likeness (QED) is 0.358.